The number of hydrogen-bond acceptors (Lipinski definition) is 5. The molecule has 0 aliphatic carbocycles. The van der Waals surface area contributed by atoms with Gasteiger partial charge in [-0.1, -0.05) is 12.1 Å². The lowest BCUT2D eigenvalue weighted by Gasteiger charge is -2.20. The van der Waals surface area contributed by atoms with Crippen molar-refractivity contribution in [1.29, 1.82) is 0 Å². The van der Waals surface area contributed by atoms with Crippen LogP contribution in [0.3, 0.4) is 0 Å². The lowest BCUT2D eigenvalue weighted by atomic mass is 10.1. The van der Waals surface area contributed by atoms with Gasteiger partial charge in [0.2, 0.25) is 0 Å². The third-order valence-corrected chi connectivity index (χ3v) is 3.77. The van der Waals surface area contributed by atoms with Crippen molar-refractivity contribution in [3.63, 3.8) is 0 Å². The van der Waals surface area contributed by atoms with Crippen molar-refractivity contribution >= 4 is 11.8 Å². The number of aromatic nitrogens is 4. The van der Waals surface area contributed by atoms with E-state index in [2.05, 4.69) is 53.1 Å². The number of tetrazole rings is 1. The summed E-state index contributed by atoms with van der Waals surface area (Å²) in [6.07, 6.45) is 3.73. The van der Waals surface area contributed by atoms with Gasteiger partial charge in [-0.05, 0) is 48.2 Å². The molecule has 1 heterocycles. The Morgan fingerprint density at radius 3 is 2.89 bits per heavy atom. The second-order valence-corrected chi connectivity index (χ2v) is 5.50. The standard InChI is InChI=1S/C13H19N5S/c1-10(8-19-3)15-11(2)12-5-4-6-13(7-12)18-9-14-16-17-18/h4-7,9-11,15H,8H2,1-3H3. The molecule has 1 aromatic heterocycles. The van der Waals surface area contributed by atoms with Crippen molar-refractivity contribution in [2.45, 2.75) is 25.9 Å². The monoisotopic (exact) mass is 277 g/mol. The van der Waals surface area contributed by atoms with Gasteiger partial charge in [-0.15, -0.1) is 5.10 Å². The number of rotatable bonds is 6. The van der Waals surface area contributed by atoms with E-state index in [0.29, 0.717) is 12.1 Å². The molecule has 6 heteroatoms. The van der Waals surface area contributed by atoms with Crippen LogP contribution in [0.2, 0.25) is 0 Å². The Labute approximate surface area is 117 Å². The molecule has 0 radical (unpaired) electrons. The van der Waals surface area contributed by atoms with E-state index >= 15 is 0 Å². The molecule has 0 spiro atoms. The Morgan fingerprint density at radius 1 is 1.37 bits per heavy atom. The largest absolute Gasteiger partial charge is 0.307 e. The van der Waals surface area contributed by atoms with Gasteiger partial charge in [0.15, 0.2) is 0 Å². The minimum absolute atomic E-state index is 0.304. The van der Waals surface area contributed by atoms with Crippen LogP contribution in [-0.2, 0) is 0 Å². The highest BCUT2D eigenvalue weighted by Crippen LogP contribution is 2.17. The fraction of sp³-hybridized carbons (Fsp3) is 0.462. The van der Waals surface area contributed by atoms with Gasteiger partial charge in [-0.25, -0.2) is 4.68 Å². The average Bonchev–Trinajstić information content (AvgIpc) is 2.93. The molecule has 1 aromatic carbocycles. The summed E-state index contributed by atoms with van der Waals surface area (Å²) in [6.45, 7) is 4.38. The fourth-order valence-electron chi connectivity index (χ4n) is 2.04. The molecule has 0 amide bonds. The molecule has 2 unspecified atom stereocenters. The summed E-state index contributed by atoms with van der Waals surface area (Å²) in [5.41, 5.74) is 2.22. The van der Waals surface area contributed by atoms with Gasteiger partial charge < -0.3 is 5.32 Å². The molecule has 19 heavy (non-hydrogen) atoms. The number of benzene rings is 1. The highest BCUT2D eigenvalue weighted by atomic mass is 32.2. The second-order valence-electron chi connectivity index (χ2n) is 4.59. The van der Waals surface area contributed by atoms with Gasteiger partial charge in [-0.3, -0.25) is 0 Å². The van der Waals surface area contributed by atoms with Gasteiger partial charge in [-0.2, -0.15) is 11.8 Å². The maximum atomic E-state index is 3.91. The maximum Gasteiger partial charge on any atom is 0.143 e. The number of nitrogens with zero attached hydrogens (tertiary/aromatic N) is 4. The summed E-state index contributed by atoms with van der Waals surface area (Å²) in [4.78, 5) is 0. The number of hydrogen-bond donors (Lipinski definition) is 1. The van der Waals surface area contributed by atoms with Crippen LogP contribution in [0.15, 0.2) is 30.6 Å². The third kappa shape index (κ3) is 3.78. The SMILES string of the molecule is CSCC(C)NC(C)c1cccc(-n2cnnn2)c1. The summed E-state index contributed by atoms with van der Waals surface area (Å²) >= 11 is 1.85. The predicted molar refractivity (Wildman–Crippen MR) is 78.5 cm³/mol. The summed E-state index contributed by atoms with van der Waals surface area (Å²) < 4.78 is 1.67. The van der Waals surface area contributed by atoms with Crippen molar-refractivity contribution < 1.29 is 0 Å². The summed E-state index contributed by atoms with van der Waals surface area (Å²) in [6, 6.07) is 9.05. The van der Waals surface area contributed by atoms with Gasteiger partial charge in [0.1, 0.15) is 6.33 Å². The summed E-state index contributed by atoms with van der Waals surface area (Å²) in [5, 5.41) is 14.8. The zero-order chi connectivity index (χ0) is 13.7. The van der Waals surface area contributed by atoms with Crippen molar-refractivity contribution in [3.05, 3.63) is 36.2 Å². The van der Waals surface area contributed by atoms with Gasteiger partial charge in [0.05, 0.1) is 5.69 Å². The molecule has 0 aliphatic heterocycles. The summed E-state index contributed by atoms with van der Waals surface area (Å²) in [7, 11) is 0. The van der Waals surface area contributed by atoms with E-state index in [1.165, 1.54) is 5.56 Å². The molecule has 0 bridgehead atoms. The van der Waals surface area contributed by atoms with Crippen LogP contribution in [0.1, 0.15) is 25.5 Å². The molecule has 2 aromatic rings. The Bertz CT molecular complexity index is 499. The zero-order valence-corrected chi connectivity index (χ0v) is 12.3. The third-order valence-electron chi connectivity index (χ3n) is 2.93. The lowest BCUT2D eigenvalue weighted by Crippen LogP contribution is -2.30. The molecule has 2 rings (SSSR count). The molecular formula is C13H19N5S. The van der Waals surface area contributed by atoms with Gasteiger partial charge >= 0.3 is 0 Å². The highest BCUT2D eigenvalue weighted by Gasteiger charge is 2.10. The van der Waals surface area contributed by atoms with Gasteiger partial charge in [0.25, 0.3) is 0 Å². The fourth-order valence-corrected chi connectivity index (χ4v) is 2.63. The normalized spacial score (nSPS) is 14.3. The van der Waals surface area contributed by atoms with E-state index in [1.54, 1.807) is 11.0 Å². The van der Waals surface area contributed by atoms with E-state index < -0.39 is 0 Å². The minimum atomic E-state index is 0.304. The van der Waals surface area contributed by atoms with Crippen LogP contribution in [0.25, 0.3) is 5.69 Å². The molecule has 1 N–H and O–H groups in total. The van der Waals surface area contributed by atoms with Gasteiger partial charge in [0, 0.05) is 17.8 Å². The molecule has 0 fully saturated rings. The number of thioether (sulfide) groups is 1. The van der Waals surface area contributed by atoms with E-state index in [0.717, 1.165) is 11.4 Å². The van der Waals surface area contributed by atoms with E-state index in [-0.39, 0.29) is 0 Å². The smallest absolute Gasteiger partial charge is 0.143 e. The van der Waals surface area contributed by atoms with Crippen molar-refractivity contribution in [1.82, 2.24) is 25.5 Å². The van der Waals surface area contributed by atoms with Crippen LogP contribution in [0, 0.1) is 0 Å². The molecular weight excluding hydrogens is 258 g/mol. The quantitative estimate of drug-likeness (QED) is 0.876. The first-order chi connectivity index (χ1) is 9.20. The Balaban J connectivity index is 2.10. The second kappa shape index (κ2) is 6.68. The minimum Gasteiger partial charge on any atom is -0.307 e. The van der Waals surface area contributed by atoms with E-state index in [4.69, 9.17) is 0 Å². The topological polar surface area (TPSA) is 55.6 Å². The Hall–Kier alpha value is -1.40. The molecule has 2 atom stereocenters. The van der Waals surface area contributed by atoms with Crippen molar-refractivity contribution in [2.24, 2.45) is 0 Å². The Kier molecular flexibility index (Phi) is 4.93. The van der Waals surface area contributed by atoms with Crippen LogP contribution < -0.4 is 5.32 Å². The molecule has 0 aliphatic rings. The average molecular weight is 277 g/mol. The first kappa shape index (κ1) is 14.0. The molecule has 5 nitrogen and oxygen atoms in total. The van der Waals surface area contributed by atoms with Crippen molar-refractivity contribution in [2.75, 3.05) is 12.0 Å². The lowest BCUT2D eigenvalue weighted by molar-refractivity contribution is 0.511. The van der Waals surface area contributed by atoms with Crippen LogP contribution in [-0.4, -0.2) is 38.3 Å². The first-order valence-electron chi connectivity index (χ1n) is 6.29. The molecule has 102 valence electrons. The highest BCUT2D eigenvalue weighted by molar-refractivity contribution is 7.98. The predicted octanol–water partition coefficient (Wildman–Crippen LogP) is 2.06. The van der Waals surface area contributed by atoms with E-state index in [1.807, 2.05) is 23.9 Å². The maximum absolute atomic E-state index is 3.91. The number of nitrogens with one attached hydrogen (secondary N) is 1. The van der Waals surface area contributed by atoms with Crippen LogP contribution >= 0.6 is 11.8 Å². The van der Waals surface area contributed by atoms with E-state index in [9.17, 15) is 0 Å². The Morgan fingerprint density at radius 2 is 2.21 bits per heavy atom. The van der Waals surface area contributed by atoms with Crippen LogP contribution in [0.4, 0.5) is 0 Å². The summed E-state index contributed by atoms with van der Waals surface area (Å²) in [5.74, 6) is 1.11. The molecule has 0 saturated heterocycles. The first-order valence-corrected chi connectivity index (χ1v) is 7.68. The van der Waals surface area contributed by atoms with Crippen molar-refractivity contribution in [3.8, 4) is 5.69 Å². The van der Waals surface area contributed by atoms with Crippen LogP contribution in [0.5, 0.6) is 0 Å². The zero-order valence-electron chi connectivity index (χ0n) is 11.4. The molecule has 0 saturated carbocycles.